The highest BCUT2D eigenvalue weighted by molar-refractivity contribution is 7.86. The van der Waals surface area contributed by atoms with E-state index in [4.69, 9.17) is 35.9 Å². The lowest BCUT2D eigenvalue weighted by Gasteiger charge is -2.25. The third kappa shape index (κ3) is 7.42. The van der Waals surface area contributed by atoms with Crippen molar-refractivity contribution >= 4 is 29.3 Å². The second-order valence-electron chi connectivity index (χ2n) is 5.59. The number of hydrogen-bond donors (Lipinski definition) is 6. The Morgan fingerprint density at radius 3 is 2.04 bits per heavy atom. The number of carboxylic acid groups (broad SMARTS) is 2. The van der Waals surface area contributed by atoms with Crippen LogP contribution in [0.3, 0.4) is 0 Å². The van der Waals surface area contributed by atoms with E-state index < -0.39 is 46.9 Å². The maximum atomic E-state index is 11.2. The predicted octanol–water partition coefficient (Wildman–Crippen LogP) is -2.21. The molecular weight excluding hydrogens is 390 g/mol. The van der Waals surface area contributed by atoms with Gasteiger partial charge in [-0.25, -0.2) is 9.93 Å². The van der Waals surface area contributed by atoms with Gasteiger partial charge in [0.05, 0.1) is 0 Å². The molecule has 1 aliphatic rings. The van der Waals surface area contributed by atoms with E-state index in [2.05, 4.69) is 0 Å². The monoisotopic (exact) mass is 409 g/mol. The summed E-state index contributed by atoms with van der Waals surface area (Å²) in [5.74, 6) is -4.68. The van der Waals surface area contributed by atoms with Crippen LogP contribution in [0.4, 0.5) is 13.2 Å². The van der Waals surface area contributed by atoms with Crippen molar-refractivity contribution in [1.29, 1.82) is 0 Å². The quantitative estimate of drug-likeness (QED) is 0.263. The average molecular weight is 409 g/mol. The first-order chi connectivity index (χ1) is 11.5. The fourth-order valence-electron chi connectivity index (χ4n) is 2.23. The van der Waals surface area contributed by atoms with Gasteiger partial charge < -0.3 is 26.0 Å². The van der Waals surface area contributed by atoms with E-state index in [1.54, 1.807) is 0 Å². The molecule has 0 aromatic carbocycles. The number of nitrogens with two attached hydrogens (primary N) is 2. The number of halogens is 3. The lowest BCUT2D eigenvalue weighted by Crippen LogP contribution is -2.55. The number of carbonyl (C=O) groups is 2. The molecular formula is C10H19BF3N3O8S. The second-order valence-corrected chi connectivity index (χ2v) is 7.14. The van der Waals surface area contributed by atoms with Gasteiger partial charge in [0.1, 0.15) is 5.54 Å². The minimum Gasteiger partial charge on any atom is -0.480 e. The lowest BCUT2D eigenvalue weighted by atomic mass is 9.78. The molecule has 0 saturated carbocycles. The fraction of sp³-hybridized carbons (Fsp3) is 0.800. The molecule has 2 atom stereocenters. The third-order valence-electron chi connectivity index (χ3n) is 3.61. The molecule has 152 valence electrons. The van der Waals surface area contributed by atoms with Crippen LogP contribution in [-0.4, -0.2) is 76.8 Å². The molecule has 0 aromatic rings. The van der Waals surface area contributed by atoms with Gasteiger partial charge in [0.2, 0.25) is 0 Å². The Balaban J connectivity index is 0.000000758. The normalized spacial score (nSPS) is 23.9. The van der Waals surface area contributed by atoms with Gasteiger partial charge in [0.15, 0.2) is 0 Å². The Hall–Kier alpha value is -1.46. The van der Waals surface area contributed by atoms with E-state index in [0.717, 1.165) is 4.31 Å². The highest BCUT2D eigenvalue weighted by Gasteiger charge is 2.51. The zero-order valence-electron chi connectivity index (χ0n) is 13.3. The molecule has 0 spiro atoms. The predicted molar refractivity (Wildman–Crippen MR) is 80.6 cm³/mol. The molecule has 1 fully saturated rings. The maximum Gasteiger partial charge on any atom is 0.490 e. The summed E-state index contributed by atoms with van der Waals surface area (Å²) in [6.07, 6.45) is -4.42. The Kier molecular flexibility index (Phi) is 8.46. The minimum atomic E-state index is -5.08. The van der Waals surface area contributed by atoms with Crippen molar-refractivity contribution in [3.05, 3.63) is 0 Å². The van der Waals surface area contributed by atoms with Crippen LogP contribution >= 0.6 is 0 Å². The summed E-state index contributed by atoms with van der Waals surface area (Å²) in [6.45, 7) is -0.462. The molecule has 0 unspecified atom stereocenters. The van der Waals surface area contributed by atoms with Crippen molar-refractivity contribution in [2.45, 2.75) is 30.9 Å². The second kappa shape index (κ2) is 8.96. The summed E-state index contributed by atoms with van der Waals surface area (Å²) in [7, 11) is -5.47. The first-order valence-corrected chi connectivity index (χ1v) is 8.48. The molecule has 0 radical (unpaired) electrons. The lowest BCUT2D eigenvalue weighted by molar-refractivity contribution is -0.192. The first kappa shape index (κ1) is 24.5. The van der Waals surface area contributed by atoms with Crippen LogP contribution in [0.1, 0.15) is 12.8 Å². The number of hydrogen-bond acceptors (Lipinski definition) is 7. The molecule has 8 N–H and O–H groups in total. The summed E-state index contributed by atoms with van der Waals surface area (Å²) in [5.41, 5.74) is 4.06. The molecule has 1 heterocycles. The van der Waals surface area contributed by atoms with Gasteiger partial charge >= 0.3 is 25.2 Å². The number of carboxylic acids is 2. The molecule has 1 aliphatic heterocycles. The Labute approximate surface area is 146 Å². The molecule has 1 rings (SSSR count). The largest absolute Gasteiger partial charge is 0.490 e. The number of rotatable bonds is 6. The van der Waals surface area contributed by atoms with Crippen molar-refractivity contribution in [3.63, 3.8) is 0 Å². The van der Waals surface area contributed by atoms with Crippen molar-refractivity contribution in [3.8, 4) is 0 Å². The number of alkyl halides is 3. The van der Waals surface area contributed by atoms with Crippen LogP contribution in [0.15, 0.2) is 0 Å². The molecule has 16 heteroatoms. The van der Waals surface area contributed by atoms with E-state index in [1.165, 1.54) is 0 Å². The maximum absolute atomic E-state index is 11.2. The average Bonchev–Trinajstić information content (AvgIpc) is 2.77. The van der Waals surface area contributed by atoms with E-state index in [1.807, 2.05) is 0 Å². The van der Waals surface area contributed by atoms with Gasteiger partial charge in [-0.2, -0.15) is 25.9 Å². The minimum absolute atomic E-state index is 0.0710. The Morgan fingerprint density at radius 1 is 1.27 bits per heavy atom. The van der Waals surface area contributed by atoms with Gasteiger partial charge in [-0.05, 0) is 12.7 Å². The molecule has 1 saturated heterocycles. The van der Waals surface area contributed by atoms with Crippen molar-refractivity contribution in [2.24, 2.45) is 16.8 Å². The zero-order chi connectivity index (χ0) is 20.9. The molecule has 0 amide bonds. The van der Waals surface area contributed by atoms with Crippen LogP contribution in [-0.2, 0) is 19.8 Å². The van der Waals surface area contributed by atoms with E-state index in [9.17, 15) is 26.4 Å². The summed E-state index contributed by atoms with van der Waals surface area (Å²) >= 11 is 0. The topological polar surface area (TPSA) is 204 Å². The smallest absolute Gasteiger partial charge is 0.480 e. The summed E-state index contributed by atoms with van der Waals surface area (Å²) in [5, 5.41) is 38.7. The molecule has 0 bridgehead atoms. The Bertz CT molecular complexity index is 617. The van der Waals surface area contributed by atoms with Gasteiger partial charge in [0, 0.05) is 19.0 Å². The third-order valence-corrected chi connectivity index (χ3v) is 4.60. The number of nitrogens with zero attached hydrogens (tertiary/aromatic N) is 1. The fourth-order valence-corrected chi connectivity index (χ4v) is 3.01. The highest BCUT2D eigenvalue weighted by atomic mass is 32.2. The number of aliphatic carboxylic acids is 2. The van der Waals surface area contributed by atoms with E-state index in [0.29, 0.717) is 6.42 Å². The van der Waals surface area contributed by atoms with E-state index in [-0.39, 0.29) is 25.8 Å². The summed E-state index contributed by atoms with van der Waals surface area (Å²) in [6, 6.07) is 0. The Morgan fingerprint density at radius 2 is 1.73 bits per heavy atom. The van der Waals surface area contributed by atoms with E-state index >= 15 is 0 Å². The highest BCUT2D eigenvalue weighted by Crippen LogP contribution is 2.31. The first-order valence-electron chi connectivity index (χ1n) is 6.98. The van der Waals surface area contributed by atoms with Gasteiger partial charge in [-0.15, -0.1) is 0 Å². The van der Waals surface area contributed by atoms with Crippen molar-refractivity contribution < 1.29 is 51.4 Å². The summed E-state index contributed by atoms with van der Waals surface area (Å²) < 4.78 is 55.1. The molecule has 26 heavy (non-hydrogen) atoms. The van der Waals surface area contributed by atoms with Crippen molar-refractivity contribution in [1.82, 2.24) is 4.31 Å². The van der Waals surface area contributed by atoms with Crippen LogP contribution in [0.5, 0.6) is 0 Å². The molecule has 0 aromatic heterocycles. The van der Waals surface area contributed by atoms with Crippen LogP contribution in [0.2, 0.25) is 6.32 Å². The SMILES string of the molecule is N[C@@]1(C(=O)O)CN(S(N)(=O)=O)C[C@@H]1CCCB(O)O.O=C(O)C(F)(F)F. The molecule has 0 aliphatic carbocycles. The summed E-state index contributed by atoms with van der Waals surface area (Å²) in [4.78, 5) is 20.1. The molecule has 11 nitrogen and oxygen atoms in total. The van der Waals surface area contributed by atoms with Gasteiger partial charge in [-0.3, -0.25) is 4.79 Å². The van der Waals surface area contributed by atoms with Crippen LogP contribution in [0.25, 0.3) is 0 Å². The van der Waals surface area contributed by atoms with Crippen LogP contribution in [0, 0.1) is 5.92 Å². The van der Waals surface area contributed by atoms with Gasteiger partial charge in [-0.1, -0.05) is 6.42 Å². The van der Waals surface area contributed by atoms with Crippen LogP contribution < -0.4 is 10.9 Å². The van der Waals surface area contributed by atoms with Gasteiger partial charge in [0.25, 0.3) is 10.2 Å². The zero-order valence-corrected chi connectivity index (χ0v) is 14.1. The van der Waals surface area contributed by atoms with Crippen molar-refractivity contribution in [2.75, 3.05) is 13.1 Å². The standard InChI is InChI=1S/C8H18BN3O6S.C2HF3O2/c10-8(7(13)14)5-12(19(11,17)18)4-6(8)2-1-3-9(15)16;3-2(4,5)1(6)7/h6,15-16H,1-5,10H2,(H,13,14)(H2,11,17,18);(H,6,7)/t6-,8-;/m0./s1.